The number of benzene rings is 1. The third kappa shape index (κ3) is 3.08. The van der Waals surface area contributed by atoms with Gasteiger partial charge in [-0.25, -0.2) is 9.97 Å². The number of aromatic nitrogens is 2. The molecule has 0 saturated carbocycles. The molecule has 4 nitrogen and oxygen atoms in total. The van der Waals surface area contributed by atoms with Crippen molar-refractivity contribution in [1.29, 1.82) is 0 Å². The average Bonchev–Trinajstić information content (AvgIpc) is 2.39. The first-order valence-corrected chi connectivity index (χ1v) is 6.60. The van der Waals surface area contributed by atoms with Crippen LogP contribution in [-0.4, -0.2) is 9.97 Å². The Morgan fingerprint density at radius 2 is 2.05 bits per heavy atom. The largest absolute Gasteiger partial charge is 0.437 e. The molecule has 0 radical (unpaired) electrons. The SMILES string of the molecule is CCCc1c(N)ncnc1Oc1cccc(Cl)c1Cl. The van der Waals surface area contributed by atoms with E-state index in [0.29, 0.717) is 27.5 Å². The molecule has 0 amide bonds. The van der Waals surface area contributed by atoms with Crippen molar-refractivity contribution in [1.82, 2.24) is 9.97 Å². The number of rotatable bonds is 4. The van der Waals surface area contributed by atoms with Crippen LogP contribution in [0.1, 0.15) is 18.9 Å². The molecule has 0 unspecified atom stereocenters. The van der Waals surface area contributed by atoms with E-state index in [9.17, 15) is 0 Å². The summed E-state index contributed by atoms with van der Waals surface area (Å²) in [6.07, 6.45) is 3.01. The van der Waals surface area contributed by atoms with E-state index in [1.165, 1.54) is 6.33 Å². The summed E-state index contributed by atoms with van der Waals surface area (Å²) in [6.45, 7) is 2.04. The minimum atomic E-state index is 0.351. The Labute approximate surface area is 121 Å². The number of halogens is 2. The molecule has 0 spiro atoms. The number of ether oxygens (including phenoxy) is 1. The molecule has 6 heteroatoms. The number of hydrogen-bond donors (Lipinski definition) is 1. The molecule has 2 aromatic rings. The summed E-state index contributed by atoms with van der Waals surface area (Å²) in [7, 11) is 0. The molecule has 0 saturated heterocycles. The van der Waals surface area contributed by atoms with Crippen molar-refractivity contribution in [2.75, 3.05) is 5.73 Å². The standard InChI is InChI=1S/C13H13Cl2N3O/c1-2-4-8-12(16)17-7-18-13(8)19-10-6-3-5-9(14)11(10)15/h3,5-7H,2,4H2,1H3,(H2,16,17,18). The van der Waals surface area contributed by atoms with E-state index < -0.39 is 0 Å². The van der Waals surface area contributed by atoms with Gasteiger partial charge in [0.05, 0.1) is 10.6 Å². The normalized spacial score (nSPS) is 10.5. The summed E-state index contributed by atoms with van der Waals surface area (Å²) in [4.78, 5) is 8.08. The van der Waals surface area contributed by atoms with Crippen LogP contribution in [0.3, 0.4) is 0 Å². The predicted molar refractivity (Wildman–Crippen MR) is 77.0 cm³/mol. The Bertz CT molecular complexity index is 590. The summed E-state index contributed by atoms with van der Waals surface area (Å²) in [6, 6.07) is 5.17. The fraction of sp³-hybridized carbons (Fsp3) is 0.231. The summed E-state index contributed by atoms with van der Waals surface area (Å²) < 4.78 is 5.71. The summed E-state index contributed by atoms with van der Waals surface area (Å²) >= 11 is 12.0. The van der Waals surface area contributed by atoms with Crippen LogP contribution in [0.25, 0.3) is 0 Å². The van der Waals surface area contributed by atoms with Gasteiger partial charge in [-0.2, -0.15) is 0 Å². The van der Waals surface area contributed by atoms with Gasteiger partial charge in [0.2, 0.25) is 5.88 Å². The van der Waals surface area contributed by atoms with Gasteiger partial charge in [0.1, 0.15) is 22.9 Å². The minimum Gasteiger partial charge on any atom is -0.437 e. The number of nitrogen functional groups attached to an aromatic ring is 1. The number of hydrogen-bond acceptors (Lipinski definition) is 4. The van der Waals surface area contributed by atoms with Gasteiger partial charge in [0, 0.05) is 0 Å². The van der Waals surface area contributed by atoms with Crippen LogP contribution in [0.5, 0.6) is 11.6 Å². The molecule has 1 aromatic carbocycles. The van der Waals surface area contributed by atoms with Crippen molar-refractivity contribution in [3.63, 3.8) is 0 Å². The van der Waals surface area contributed by atoms with Gasteiger partial charge in [0.25, 0.3) is 0 Å². The Morgan fingerprint density at radius 3 is 2.79 bits per heavy atom. The highest BCUT2D eigenvalue weighted by atomic mass is 35.5. The van der Waals surface area contributed by atoms with Crippen molar-refractivity contribution in [2.45, 2.75) is 19.8 Å². The predicted octanol–water partition coefficient (Wildman–Crippen LogP) is 4.11. The van der Waals surface area contributed by atoms with E-state index >= 15 is 0 Å². The summed E-state index contributed by atoms with van der Waals surface area (Å²) in [5.74, 6) is 1.29. The van der Waals surface area contributed by atoms with Gasteiger partial charge in [-0.1, -0.05) is 42.6 Å². The van der Waals surface area contributed by atoms with Gasteiger partial charge in [0.15, 0.2) is 0 Å². The number of nitrogens with two attached hydrogens (primary N) is 1. The van der Waals surface area contributed by atoms with Gasteiger partial charge >= 0.3 is 0 Å². The van der Waals surface area contributed by atoms with Crippen molar-refractivity contribution in [3.05, 3.63) is 40.1 Å². The number of anilines is 1. The monoisotopic (exact) mass is 297 g/mol. The third-order valence-corrected chi connectivity index (χ3v) is 3.36. The zero-order valence-electron chi connectivity index (χ0n) is 10.4. The molecular weight excluding hydrogens is 285 g/mol. The Hall–Kier alpha value is -1.52. The second-order valence-corrected chi connectivity index (χ2v) is 4.73. The van der Waals surface area contributed by atoms with E-state index in [1.807, 2.05) is 6.92 Å². The Kier molecular flexibility index (Phi) is 4.45. The number of nitrogens with zero attached hydrogens (tertiary/aromatic N) is 2. The van der Waals surface area contributed by atoms with Gasteiger partial charge in [-0.15, -0.1) is 0 Å². The first-order chi connectivity index (χ1) is 9.13. The minimum absolute atomic E-state index is 0.351. The van der Waals surface area contributed by atoms with E-state index in [1.54, 1.807) is 18.2 Å². The maximum Gasteiger partial charge on any atom is 0.227 e. The zero-order chi connectivity index (χ0) is 13.8. The average molecular weight is 298 g/mol. The molecule has 2 N–H and O–H groups in total. The van der Waals surface area contributed by atoms with Crippen LogP contribution in [0.15, 0.2) is 24.5 Å². The highest BCUT2D eigenvalue weighted by Crippen LogP contribution is 2.35. The second kappa shape index (κ2) is 6.08. The lowest BCUT2D eigenvalue weighted by Gasteiger charge is -2.12. The van der Waals surface area contributed by atoms with Gasteiger partial charge in [-0.05, 0) is 18.6 Å². The van der Waals surface area contributed by atoms with Crippen LogP contribution in [0.2, 0.25) is 10.0 Å². The van der Waals surface area contributed by atoms with E-state index in [-0.39, 0.29) is 0 Å². The Balaban J connectivity index is 2.38. The lowest BCUT2D eigenvalue weighted by Crippen LogP contribution is -2.02. The highest BCUT2D eigenvalue weighted by molar-refractivity contribution is 6.42. The third-order valence-electron chi connectivity index (χ3n) is 2.56. The highest BCUT2D eigenvalue weighted by Gasteiger charge is 2.13. The molecule has 1 heterocycles. The van der Waals surface area contributed by atoms with Gasteiger partial charge < -0.3 is 10.5 Å². The fourth-order valence-electron chi connectivity index (χ4n) is 1.65. The quantitative estimate of drug-likeness (QED) is 0.922. The van der Waals surface area contributed by atoms with Crippen molar-refractivity contribution >= 4 is 29.0 Å². The molecule has 0 aliphatic carbocycles. The van der Waals surface area contributed by atoms with Crippen LogP contribution in [0.4, 0.5) is 5.82 Å². The molecule has 2 rings (SSSR count). The topological polar surface area (TPSA) is 61.0 Å². The van der Waals surface area contributed by atoms with Gasteiger partial charge in [-0.3, -0.25) is 0 Å². The van der Waals surface area contributed by atoms with E-state index in [4.69, 9.17) is 33.7 Å². The van der Waals surface area contributed by atoms with Crippen molar-refractivity contribution in [3.8, 4) is 11.6 Å². The van der Waals surface area contributed by atoms with Crippen LogP contribution in [0, 0.1) is 0 Å². The molecular formula is C13H13Cl2N3O. The molecule has 19 heavy (non-hydrogen) atoms. The van der Waals surface area contributed by atoms with Crippen LogP contribution >= 0.6 is 23.2 Å². The van der Waals surface area contributed by atoms with Crippen LogP contribution in [-0.2, 0) is 6.42 Å². The molecule has 0 aliphatic heterocycles. The summed E-state index contributed by atoms with van der Waals surface area (Å²) in [5, 5.41) is 0.780. The molecule has 0 fully saturated rings. The van der Waals surface area contributed by atoms with Crippen molar-refractivity contribution in [2.24, 2.45) is 0 Å². The zero-order valence-corrected chi connectivity index (χ0v) is 11.9. The molecule has 0 atom stereocenters. The Morgan fingerprint density at radius 1 is 1.26 bits per heavy atom. The van der Waals surface area contributed by atoms with E-state index in [0.717, 1.165) is 18.4 Å². The molecule has 0 aliphatic rings. The first kappa shape index (κ1) is 13.9. The lowest BCUT2D eigenvalue weighted by atomic mass is 10.2. The summed E-state index contributed by atoms with van der Waals surface area (Å²) in [5.41, 5.74) is 6.62. The van der Waals surface area contributed by atoms with Crippen LogP contribution < -0.4 is 10.5 Å². The lowest BCUT2D eigenvalue weighted by molar-refractivity contribution is 0.455. The first-order valence-electron chi connectivity index (χ1n) is 5.84. The smallest absolute Gasteiger partial charge is 0.227 e. The maximum atomic E-state index is 6.08. The second-order valence-electron chi connectivity index (χ2n) is 3.95. The fourth-order valence-corrected chi connectivity index (χ4v) is 1.98. The molecule has 0 bridgehead atoms. The van der Waals surface area contributed by atoms with E-state index in [2.05, 4.69) is 9.97 Å². The molecule has 100 valence electrons. The van der Waals surface area contributed by atoms with Crippen molar-refractivity contribution < 1.29 is 4.74 Å². The maximum absolute atomic E-state index is 6.08. The molecule has 1 aromatic heterocycles.